The van der Waals surface area contributed by atoms with Crippen LogP contribution < -0.4 is 10.5 Å². The van der Waals surface area contributed by atoms with Gasteiger partial charge in [0.15, 0.2) is 0 Å². The monoisotopic (exact) mass is 258 g/mol. The van der Waals surface area contributed by atoms with E-state index in [0.29, 0.717) is 13.0 Å². The van der Waals surface area contributed by atoms with Crippen molar-refractivity contribution >= 4 is 10.0 Å². The summed E-state index contributed by atoms with van der Waals surface area (Å²) in [6.45, 7) is 0.291. The number of hydrogen-bond donors (Lipinski definition) is 2. The zero-order valence-corrected chi connectivity index (χ0v) is 10.1. The van der Waals surface area contributed by atoms with E-state index in [0.717, 1.165) is 17.5 Å². The molecule has 4 nitrogen and oxygen atoms in total. The molecule has 1 aromatic carbocycles. The van der Waals surface area contributed by atoms with Gasteiger partial charge in [0.2, 0.25) is 10.0 Å². The smallest absolute Gasteiger partial charge is 0.210 e. The maximum atomic E-state index is 13.4. The van der Waals surface area contributed by atoms with Crippen LogP contribution >= 0.6 is 0 Å². The van der Waals surface area contributed by atoms with Crippen molar-refractivity contribution in [3.05, 3.63) is 35.1 Å². The van der Waals surface area contributed by atoms with E-state index in [1.54, 1.807) is 6.07 Å². The highest BCUT2D eigenvalue weighted by atomic mass is 32.2. The summed E-state index contributed by atoms with van der Waals surface area (Å²) in [5.41, 5.74) is 1.67. The molecule has 0 heterocycles. The molecular formula is C11H15FN2O2S. The van der Waals surface area contributed by atoms with E-state index in [1.807, 2.05) is 6.07 Å². The first-order chi connectivity index (χ1) is 7.97. The Morgan fingerprint density at radius 2 is 2.24 bits per heavy atom. The van der Waals surface area contributed by atoms with Gasteiger partial charge in [0.25, 0.3) is 0 Å². The van der Waals surface area contributed by atoms with Crippen LogP contribution in [-0.4, -0.2) is 20.7 Å². The quantitative estimate of drug-likeness (QED) is 0.834. The summed E-state index contributed by atoms with van der Waals surface area (Å²) in [5.74, 6) is -0.285. The number of sulfonamides is 1. The number of halogens is 1. The average Bonchev–Trinajstić information content (AvgIpc) is 2.61. The van der Waals surface area contributed by atoms with Gasteiger partial charge in [-0.15, -0.1) is 0 Å². The van der Waals surface area contributed by atoms with Gasteiger partial charge in [-0.1, -0.05) is 12.1 Å². The Morgan fingerprint density at radius 3 is 2.94 bits per heavy atom. The normalized spacial score (nSPS) is 19.3. The van der Waals surface area contributed by atoms with Gasteiger partial charge in [-0.25, -0.2) is 17.9 Å². The molecule has 94 valence electrons. The molecule has 1 aliphatic carbocycles. The summed E-state index contributed by atoms with van der Waals surface area (Å²) >= 11 is 0. The number of benzene rings is 1. The van der Waals surface area contributed by atoms with E-state index >= 15 is 0 Å². The number of hydrogen-bond acceptors (Lipinski definition) is 3. The molecule has 0 saturated carbocycles. The second-order valence-electron chi connectivity index (χ2n) is 4.22. The van der Waals surface area contributed by atoms with Gasteiger partial charge in [-0.05, 0) is 30.0 Å². The average molecular weight is 258 g/mol. The van der Waals surface area contributed by atoms with E-state index in [1.165, 1.54) is 6.07 Å². The molecule has 3 N–H and O–H groups in total. The number of nitrogens with two attached hydrogens (primary N) is 1. The van der Waals surface area contributed by atoms with Crippen molar-refractivity contribution in [1.29, 1.82) is 0 Å². The van der Waals surface area contributed by atoms with Crippen molar-refractivity contribution in [3.8, 4) is 0 Å². The molecular weight excluding hydrogens is 243 g/mol. The Labute approximate surface area is 100 Å². The molecule has 0 aromatic heterocycles. The number of rotatable bonds is 4. The second-order valence-corrected chi connectivity index (χ2v) is 5.95. The van der Waals surface area contributed by atoms with Crippen molar-refractivity contribution in [2.75, 3.05) is 12.3 Å². The van der Waals surface area contributed by atoms with Crippen LogP contribution in [0.25, 0.3) is 0 Å². The first-order valence-electron chi connectivity index (χ1n) is 5.48. The number of primary sulfonamides is 1. The first-order valence-corrected chi connectivity index (χ1v) is 7.20. The Bertz CT molecular complexity index is 516. The van der Waals surface area contributed by atoms with E-state index in [4.69, 9.17) is 5.14 Å². The maximum Gasteiger partial charge on any atom is 0.210 e. The Morgan fingerprint density at radius 1 is 1.47 bits per heavy atom. The third-order valence-corrected chi connectivity index (χ3v) is 3.76. The lowest BCUT2D eigenvalue weighted by molar-refractivity contribution is 0.542. The highest BCUT2D eigenvalue weighted by Crippen LogP contribution is 2.32. The zero-order valence-electron chi connectivity index (χ0n) is 9.32. The van der Waals surface area contributed by atoms with E-state index in [9.17, 15) is 12.8 Å². The van der Waals surface area contributed by atoms with Gasteiger partial charge < -0.3 is 5.32 Å². The summed E-state index contributed by atoms with van der Waals surface area (Å²) in [6.07, 6.45) is 1.48. The lowest BCUT2D eigenvalue weighted by atomic mass is 10.1. The van der Waals surface area contributed by atoms with Crippen molar-refractivity contribution in [1.82, 2.24) is 5.32 Å². The summed E-state index contributed by atoms with van der Waals surface area (Å²) in [5, 5.41) is 8.01. The van der Waals surface area contributed by atoms with Crippen LogP contribution in [0, 0.1) is 5.82 Å². The Hall–Kier alpha value is -0.980. The van der Waals surface area contributed by atoms with Crippen LogP contribution in [0.3, 0.4) is 0 Å². The van der Waals surface area contributed by atoms with Crippen molar-refractivity contribution in [2.24, 2.45) is 5.14 Å². The molecule has 0 radical (unpaired) electrons. The summed E-state index contributed by atoms with van der Waals surface area (Å²) in [7, 11) is -3.44. The third kappa shape index (κ3) is 3.02. The molecule has 2 rings (SSSR count). The predicted molar refractivity (Wildman–Crippen MR) is 63.4 cm³/mol. The minimum absolute atomic E-state index is 0.0300. The largest absolute Gasteiger partial charge is 0.309 e. The maximum absolute atomic E-state index is 13.4. The molecule has 6 heteroatoms. The minimum atomic E-state index is -3.44. The van der Waals surface area contributed by atoms with Crippen LogP contribution in [0.2, 0.25) is 0 Å². The fourth-order valence-corrected chi connectivity index (χ4v) is 2.60. The van der Waals surface area contributed by atoms with Gasteiger partial charge >= 0.3 is 0 Å². The van der Waals surface area contributed by atoms with Crippen LogP contribution in [0.5, 0.6) is 0 Å². The van der Waals surface area contributed by atoms with Crippen LogP contribution in [0.15, 0.2) is 18.2 Å². The molecule has 1 aromatic rings. The molecule has 0 amide bonds. The van der Waals surface area contributed by atoms with Crippen molar-refractivity contribution in [2.45, 2.75) is 18.9 Å². The van der Waals surface area contributed by atoms with Gasteiger partial charge in [-0.2, -0.15) is 0 Å². The van der Waals surface area contributed by atoms with Crippen LogP contribution in [0.4, 0.5) is 4.39 Å². The highest BCUT2D eigenvalue weighted by molar-refractivity contribution is 7.89. The van der Waals surface area contributed by atoms with Crippen molar-refractivity contribution in [3.63, 3.8) is 0 Å². The molecule has 0 bridgehead atoms. The Balaban J connectivity index is 2.01. The van der Waals surface area contributed by atoms with E-state index in [2.05, 4.69) is 5.32 Å². The van der Waals surface area contributed by atoms with E-state index in [-0.39, 0.29) is 17.6 Å². The SMILES string of the molecule is NS(=O)(=O)CCNC1CCc2c(F)cccc21. The topological polar surface area (TPSA) is 72.2 Å². The fraction of sp³-hybridized carbons (Fsp3) is 0.455. The second kappa shape index (κ2) is 4.72. The molecule has 0 spiro atoms. The predicted octanol–water partition coefficient (Wildman–Crippen LogP) is 0.691. The number of fused-ring (bicyclic) bond motifs is 1. The van der Waals surface area contributed by atoms with E-state index < -0.39 is 10.0 Å². The number of nitrogens with one attached hydrogen (secondary N) is 1. The third-order valence-electron chi connectivity index (χ3n) is 2.99. The molecule has 0 saturated heterocycles. The molecule has 1 unspecified atom stereocenters. The molecule has 0 fully saturated rings. The summed E-state index contributed by atoms with van der Waals surface area (Å²) in [6, 6.07) is 5.03. The lowest BCUT2D eigenvalue weighted by Crippen LogP contribution is -2.29. The van der Waals surface area contributed by atoms with Crippen molar-refractivity contribution < 1.29 is 12.8 Å². The standard InChI is InChI=1S/C11H15FN2O2S/c12-10-3-1-2-9-8(10)4-5-11(9)14-6-7-17(13,15)16/h1-3,11,14H,4-7H2,(H2,13,15,16). The molecule has 0 aliphatic heterocycles. The molecule has 1 atom stereocenters. The van der Waals surface area contributed by atoms with Gasteiger partial charge in [0, 0.05) is 12.6 Å². The van der Waals surface area contributed by atoms with Crippen LogP contribution in [0.1, 0.15) is 23.6 Å². The van der Waals surface area contributed by atoms with Gasteiger partial charge in [0.1, 0.15) is 5.82 Å². The fourth-order valence-electron chi connectivity index (χ4n) is 2.20. The minimum Gasteiger partial charge on any atom is -0.309 e. The highest BCUT2D eigenvalue weighted by Gasteiger charge is 2.24. The van der Waals surface area contributed by atoms with Crippen LogP contribution in [-0.2, 0) is 16.4 Å². The summed E-state index contributed by atoms with van der Waals surface area (Å²) < 4.78 is 35.0. The molecule has 1 aliphatic rings. The summed E-state index contributed by atoms with van der Waals surface area (Å²) in [4.78, 5) is 0. The van der Waals surface area contributed by atoms with Gasteiger partial charge in [-0.3, -0.25) is 0 Å². The zero-order chi connectivity index (χ0) is 12.5. The molecule has 17 heavy (non-hydrogen) atoms. The Kier molecular flexibility index (Phi) is 3.46. The van der Waals surface area contributed by atoms with Gasteiger partial charge in [0.05, 0.1) is 5.75 Å². The first kappa shape index (κ1) is 12.5. The lowest BCUT2D eigenvalue weighted by Gasteiger charge is -2.13.